The number of amides is 2. The zero-order valence-corrected chi connectivity index (χ0v) is 17.7. The second-order valence-electron chi connectivity index (χ2n) is 5.51. The fraction of sp³-hybridized carbons (Fsp3) is 0.105. The Labute approximate surface area is 175 Å². The molecule has 1 aliphatic heterocycles. The number of thiocarbonyl (C=S) groups is 1. The summed E-state index contributed by atoms with van der Waals surface area (Å²) >= 11 is 8.72. The highest BCUT2D eigenvalue weighted by Gasteiger charge is 2.30. The zero-order chi connectivity index (χ0) is 18.7. The van der Waals surface area contributed by atoms with Crippen molar-refractivity contribution < 1.29 is 9.59 Å². The molecule has 2 aromatic carbocycles. The molecule has 0 spiro atoms. The minimum Gasteiger partial charge on any atom is -0.322 e. The summed E-state index contributed by atoms with van der Waals surface area (Å²) in [6.45, 7) is 2.48. The van der Waals surface area contributed by atoms with E-state index < -0.39 is 0 Å². The van der Waals surface area contributed by atoms with Crippen molar-refractivity contribution in [2.45, 2.75) is 6.92 Å². The highest BCUT2D eigenvalue weighted by Crippen LogP contribution is 2.32. The molecule has 1 N–H and O–H groups in total. The predicted molar refractivity (Wildman–Crippen MR) is 119 cm³/mol. The number of carbonyl (C=O) groups is 2. The summed E-state index contributed by atoms with van der Waals surface area (Å²) < 4.78 is 1.67. The molecule has 0 aliphatic carbocycles. The van der Waals surface area contributed by atoms with E-state index in [2.05, 4.69) is 27.9 Å². The molecule has 1 saturated heterocycles. The summed E-state index contributed by atoms with van der Waals surface area (Å²) in [4.78, 5) is 26.7. The Morgan fingerprint density at radius 1 is 1.19 bits per heavy atom. The first kappa shape index (κ1) is 19.1. The van der Waals surface area contributed by atoms with Crippen LogP contribution in [0.25, 0.3) is 6.08 Å². The maximum Gasteiger partial charge on any atom is 0.266 e. The van der Waals surface area contributed by atoms with Gasteiger partial charge in [-0.15, -0.1) is 0 Å². The molecule has 7 heteroatoms. The number of anilines is 1. The van der Waals surface area contributed by atoms with Crippen molar-refractivity contribution in [3.8, 4) is 0 Å². The lowest BCUT2D eigenvalue weighted by atomic mass is 10.1. The molecule has 26 heavy (non-hydrogen) atoms. The summed E-state index contributed by atoms with van der Waals surface area (Å²) in [6, 6.07) is 14.7. The number of halogens is 1. The number of likely N-dealkylation sites (N-methyl/N-ethyl adjacent to an activating group) is 1. The van der Waals surface area contributed by atoms with Gasteiger partial charge in [0.2, 0.25) is 0 Å². The smallest absolute Gasteiger partial charge is 0.266 e. The van der Waals surface area contributed by atoms with E-state index in [0.717, 1.165) is 9.13 Å². The number of rotatable bonds is 4. The summed E-state index contributed by atoms with van der Waals surface area (Å²) in [5, 5.41) is 2.87. The number of carbonyl (C=O) groups excluding carboxylic acids is 2. The van der Waals surface area contributed by atoms with Gasteiger partial charge in [-0.1, -0.05) is 36.1 Å². The minimum absolute atomic E-state index is 0.0569. The summed E-state index contributed by atoms with van der Waals surface area (Å²) in [5.74, 6) is -0.212. The van der Waals surface area contributed by atoms with E-state index in [-0.39, 0.29) is 11.8 Å². The molecule has 132 valence electrons. The standard InChI is InChI=1S/C19H15IN2O2S2/c1-2-22-18(24)16(26-19(22)25)11-12-3-9-15(10-4-12)21-17(23)13-5-7-14(20)8-6-13/h3-11H,2H2,1H3,(H,21,23)/b16-11+. The van der Waals surface area contributed by atoms with Gasteiger partial charge in [0.25, 0.3) is 11.8 Å². The summed E-state index contributed by atoms with van der Waals surface area (Å²) in [6.07, 6.45) is 1.82. The van der Waals surface area contributed by atoms with Gasteiger partial charge in [0.1, 0.15) is 4.32 Å². The number of nitrogens with zero attached hydrogens (tertiary/aromatic N) is 1. The topological polar surface area (TPSA) is 49.4 Å². The van der Waals surface area contributed by atoms with Gasteiger partial charge in [-0.3, -0.25) is 14.5 Å². The zero-order valence-electron chi connectivity index (χ0n) is 13.9. The lowest BCUT2D eigenvalue weighted by Crippen LogP contribution is -2.27. The number of thioether (sulfide) groups is 1. The number of nitrogens with one attached hydrogen (secondary N) is 1. The Hall–Kier alpha value is -1.71. The first-order chi connectivity index (χ1) is 12.5. The van der Waals surface area contributed by atoms with Gasteiger partial charge in [0, 0.05) is 21.4 Å². The lowest BCUT2D eigenvalue weighted by molar-refractivity contribution is -0.121. The largest absolute Gasteiger partial charge is 0.322 e. The van der Waals surface area contributed by atoms with Crippen LogP contribution in [-0.2, 0) is 4.79 Å². The van der Waals surface area contributed by atoms with Gasteiger partial charge in [-0.2, -0.15) is 0 Å². The van der Waals surface area contributed by atoms with Crippen molar-refractivity contribution in [1.82, 2.24) is 4.90 Å². The van der Waals surface area contributed by atoms with Crippen LogP contribution in [0.5, 0.6) is 0 Å². The number of hydrogen-bond acceptors (Lipinski definition) is 4. The SMILES string of the molecule is CCN1C(=O)/C(=C\c2ccc(NC(=O)c3ccc(I)cc3)cc2)SC1=S. The van der Waals surface area contributed by atoms with Crippen LogP contribution in [0.2, 0.25) is 0 Å². The second-order valence-corrected chi connectivity index (χ2v) is 8.43. The van der Waals surface area contributed by atoms with Gasteiger partial charge in [0.15, 0.2) is 0 Å². The van der Waals surface area contributed by atoms with E-state index in [0.29, 0.717) is 27.0 Å². The van der Waals surface area contributed by atoms with Crippen LogP contribution in [0.15, 0.2) is 53.4 Å². The highest BCUT2D eigenvalue weighted by atomic mass is 127. The molecule has 0 aromatic heterocycles. The normalized spacial score (nSPS) is 15.6. The molecule has 1 aliphatic rings. The molecular weight excluding hydrogens is 479 g/mol. The van der Waals surface area contributed by atoms with Crippen molar-refractivity contribution in [2.75, 3.05) is 11.9 Å². The average molecular weight is 494 g/mol. The molecule has 4 nitrogen and oxygen atoms in total. The van der Waals surface area contributed by atoms with Crippen LogP contribution < -0.4 is 5.32 Å². The van der Waals surface area contributed by atoms with Gasteiger partial charge >= 0.3 is 0 Å². The minimum atomic E-state index is -0.155. The van der Waals surface area contributed by atoms with E-state index in [1.54, 1.807) is 17.0 Å². The first-order valence-electron chi connectivity index (χ1n) is 7.90. The maximum atomic E-state index is 12.2. The van der Waals surface area contributed by atoms with E-state index in [4.69, 9.17) is 12.2 Å². The van der Waals surface area contributed by atoms with Crippen molar-refractivity contribution in [2.24, 2.45) is 0 Å². The molecule has 0 saturated carbocycles. The van der Waals surface area contributed by atoms with Gasteiger partial charge in [0.05, 0.1) is 4.91 Å². The van der Waals surface area contributed by atoms with Crippen molar-refractivity contribution in [3.63, 3.8) is 0 Å². The molecule has 0 atom stereocenters. The molecule has 1 fully saturated rings. The Kier molecular flexibility index (Phi) is 6.10. The maximum absolute atomic E-state index is 12.2. The molecular formula is C19H15IN2O2S2. The summed E-state index contributed by atoms with van der Waals surface area (Å²) in [7, 11) is 0. The number of hydrogen-bond donors (Lipinski definition) is 1. The number of benzene rings is 2. The third kappa shape index (κ3) is 4.33. The van der Waals surface area contributed by atoms with Crippen molar-refractivity contribution in [1.29, 1.82) is 0 Å². The van der Waals surface area contributed by atoms with Crippen LogP contribution >= 0.6 is 46.6 Å². The van der Waals surface area contributed by atoms with Crippen LogP contribution in [0.3, 0.4) is 0 Å². The molecule has 0 radical (unpaired) electrons. The van der Waals surface area contributed by atoms with E-state index in [1.807, 2.05) is 49.4 Å². The van der Waals surface area contributed by atoms with Gasteiger partial charge in [-0.25, -0.2) is 0 Å². The Bertz CT molecular complexity index is 893. The van der Waals surface area contributed by atoms with Crippen LogP contribution in [0.1, 0.15) is 22.8 Å². The van der Waals surface area contributed by atoms with Crippen molar-refractivity contribution >= 4 is 74.5 Å². The predicted octanol–water partition coefficient (Wildman–Crippen LogP) is 4.76. The average Bonchev–Trinajstić information content (AvgIpc) is 2.90. The third-order valence-electron chi connectivity index (χ3n) is 3.76. The Morgan fingerprint density at radius 3 is 2.42 bits per heavy atom. The fourth-order valence-electron chi connectivity index (χ4n) is 2.39. The third-order valence-corrected chi connectivity index (χ3v) is 5.86. The fourth-order valence-corrected chi connectivity index (χ4v) is 4.14. The van der Waals surface area contributed by atoms with Gasteiger partial charge < -0.3 is 5.32 Å². The molecule has 3 rings (SSSR count). The molecule has 2 amide bonds. The van der Waals surface area contributed by atoms with E-state index in [9.17, 15) is 9.59 Å². The molecule has 2 aromatic rings. The molecule has 1 heterocycles. The van der Waals surface area contributed by atoms with Crippen LogP contribution in [0, 0.1) is 3.57 Å². The highest BCUT2D eigenvalue weighted by molar-refractivity contribution is 14.1. The molecule has 0 bridgehead atoms. The lowest BCUT2D eigenvalue weighted by Gasteiger charge is -2.09. The van der Waals surface area contributed by atoms with Crippen LogP contribution in [-0.4, -0.2) is 27.6 Å². The quantitative estimate of drug-likeness (QED) is 0.378. The van der Waals surface area contributed by atoms with E-state index in [1.165, 1.54) is 11.8 Å². The first-order valence-corrected chi connectivity index (χ1v) is 10.2. The Balaban J connectivity index is 1.70. The Morgan fingerprint density at radius 2 is 1.85 bits per heavy atom. The van der Waals surface area contributed by atoms with E-state index >= 15 is 0 Å². The summed E-state index contributed by atoms with van der Waals surface area (Å²) in [5.41, 5.74) is 2.19. The van der Waals surface area contributed by atoms with Crippen LogP contribution in [0.4, 0.5) is 5.69 Å². The van der Waals surface area contributed by atoms with Crippen molar-refractivity contribution in [3.05, 3.63) is 68.1 Å². The molecule has 0 unspecified atom stereocenters. The van der Waals surface area contributed by atoms with Gasteiger partial charge in [-0.05, 0) is 77.6 Å². The second kappa shape index (κ2) is 8.32. The monoisotopic (exact) mass is 494 g/mol.